The van der Waals surface area contributed by atoms with E-state index in [2.05, 4.69) is 5.92 Å². The fourth-order valence-electron chi connectivity index (χ4n) is 0.521. The third-order valence-electron chi connectivity index (χ3n) is 0.918. The van der Waals surface area contributed by atoms with Crippen LogP contribution in [0.2, 0.25) is 0 Å². The van der Waals surface area contributed by atoms with Gasteiger partial charge in [0.15, 0.2) is 0 Å². The molecule has 0 radical (unpaired) electrons. The van der Waals surface area contributed by atoms with Crippen LogP contribution in [0.25, 0.3) is 0 Å². The van der Waals surface area contributed by atoms with Crippen LogP contribution < -0.4 is 68.9 Å². The van der Waals surface area contributed by atoms with Crippen molar-refractivity contribution in [1.29, 1.82) is 0 Å². The number of hydrogen-bond donors (Lipinski definition) is 0. The third-order valence-corrected chi connectivity index (χ3v) is 0.918. The molecule has 0 spiro atoms. The van der Waals surface area contributed by atoms with Crippen LogP contribution in [0.15, 0.2) is 30.3 Å². The van der Waals surface area contributed by atoms with Crippen LogP contribution in [-0.2, 0) is 0 Å². The van der Waals surface area contributed by atoms with Gasteiger partial charge in [0, 0.05) is 0 Å². The zero-order valence-corrected chi connectivity index (χ0v) is 11.7. The summed E-state index contributed by atoms with van der Waals surface area (Å²) >= 11 is 0. The fourth-order valence-corrected chi connectivity index (χ4v) is 0.521. The van der Waals surface area contributed by atoms with Gasteiger partial charge in [0.2, 0.25) is 0 Å². The monoisotopic (exact) mass is 234 g/mol. The second kappa shape index (κ2) is 5.60. The summed E-state index contributed by atoms with van der Waals surface area (Å²) in [5, 5.41) is 0. The van der Waals surface area contributed by atoms with Crippen molar-refractivity contribution in [1.82, 2.24) is 0 Å². The Hall–Kier alpha value is 0.832. The molecule has 0 amide bonds. The standard InChI is InChI=1S/C8H5.Cs/c1-2-8-6-4-3-5-7-8;/h3-7H;/q-1;+1. The Morgan fingerprint density at radius 2 is 1.67 bits per heavy atom. The van der Waals surface area contributed by atoms with E-state index >= 15 is 0 Å². The number of rotatable bonds is 0. The van der Waals surface area contributed by atoms with Crippen molar-refractivity contribution in [3.05, 3.63) is 42.3 Å². The zero-order chi connectivity index (χ0) is 5.82. The Morgan fingerprint density at radius 1 is 1.11 bits per heavy atom. The quantitative estimate of drug-likeness (QED) is 0.384. The normalized spacial score (nSPS) is 7.00. The SMILES string of the molecule is [C-]#Cc1ccccc1.[Cs+]. The van der Waals surface area contributed by atoms with Gasteiger partial charge in [-0.1, -0.05) is 18.2 Å². The minimum absolute atomic E-state index is 0. The van der Waals surface area contributed by atoms with Gasteiger partial charge < -0.3 is 6.42 Å². The Bertz CT molecular complexity index is 196. The van der Waals surface area contributed by atoms with Crippen LogP contribution in [-0.4, -0.2) is 0 Å². The maximum absolute atomic E-state index is 6.69. The van der Waals surface area contributed by atoms with Gasteiger partial charge in [0.1, 0.15) is 0 Å². The van der Waals surface area contributed by atoms with Crippen LogP contribution >= 0.6 is 0 Å². The molecule has 0 heterocycles. The summed E-state index contributed by atoms with van der Waals surface area (Å²) in [6.07, 6.45) is 6.69. The zero-order valence-electron chi connectivity index (χ0n) is 5.39. The van der Waals surface area contributed by atoms with Gasteiger partial charge in [-0.2, -0.15) is 0 Å². The van der Waals surface area contributed by atoms with Gasteiger partial charge in [-0.25, -0.2) is 0 Å². The molecule has 0 aliphatic carbocycles. The first-order valence-electron chi connectivity index (χ1n) is 2.41. The third kappa shape index (κ3) is 3.51. The summed E-state index contributed by atoms with van der Waals surface area (Å²) in [5.41, 5.74) is 0.826. The second-order valence-electron chi connectivity index (χ2n) is 1.49. The first-order chi connectivity index (χ1) is 3.93. The fraction of sp³-hybridized carbons (Fsp3) is 0. The molecule has 0 atom stereocenters. The molecule has 38 valence electrons. The molecule has 0 saturated heterocycles. The van der Waals surface area contributed by atoms with E-state index in [-0.39, 0.29) is 68.9 Å². The Labute approximate surface area is 114 Å². The molecule has 0 N–H and O–H groups in total. The van der Waals surface area contributed by atoms with Crippen LogP contribution in [0.3, 0.4) is 0 Å². The Morgan fingerprint density at radius 3 is 2.00 bits per heavy atom. The Balaban J connectivity index is 0.000000640. The van der Waals surface area contributed by atoms with Crippen molar-refractivity contribution in [3.8, 4) is 5.92 Å². The summed E-state index contributed by atoms with van der Waals surface area (Å²) in [5.74, 6) is 2.28. The molecule has 0 bridgehead atoms. The molecule has 0 saturated carbocycles. The van der Waals surface area contributed by atoms with E-state index in [1.54, 1.807) is 0 Å². The molecule has 0 unspecified atom stereocenters. The maximum Gasteiger partial charge on any atom is 1.00 e. The minimum atomic E-state index is 0. The molecule has 1 aromatic rings. The number of benzene rings is 1. The van der Waals surface area contributed by atoms with Crippen molar-refractivity contribution in [2.24, 2.45) is 0 Å². The van der Waals surface area contributed by atoms with E-state index in [4.69, 9.17) is 6.42 Å². The maximum atomic E-state index is 6.69. The summed E-state index contributed by atoms with van der Waals surface area (Å²) in [4.78, 5) is 0. The van der Waals surface area contributed by atoms with Crippen molar-refractivity contribution in [3.63, 3.8) is 0 Å². The first kappa shape index (κ1) is 9.83. The molecule has 1 rings (SSSR count). The Kier molecular flexibility index (Phi) is 6.12. The van der Waals surface area contributed by atoms with Crippen molar-refractivity contribution >= 4 is 0 Å². The van der Waals surface area contributed by atoms with Crippen LogP contribution in [0.5, 0.6) is 0 Å². The molecule has 0 fully saturated rings. The molecule has 0 nitrogen and oxygen atoms in total. The van der Waals surface area contributed by atoms with Crippen LogP contribution in [0.1, 0.15) is 5.56 Å². The second-order valence-corrected chi connectivity index (χ2v) is 1.49. The molecule has 9 heavy (non-hydrogen) atoms. The van der Waals surface area contributed by atoms with Crippen molar-refractivity contribution < 1.29 is 68.9 Å². The van der Waals surface area contributed by atoms with Gasteiger partial charge in [-0.15, -0.1) is 17.7 Å². The summed E-state index contributed by atoms with van der Waals surface area (Å²) in [6, 6.07) is 9.37. The summed E-state index contributed by atoms with van der Waals surface area (Å²) in [7, 11) is 0. The molecule has 0 aliphatic heterocycles. The first-order valence-corrected chi connectivity index (χ1v) is 2.41. The van der Waals surface area contributed by atoms with Gasteiger partial charge in [0.25, 0.3) is 0 Å². The summed E-state index contributed by atoms with van der Waals surface area (Å²) < 4.78 is 0. The van der Waals surface area contributed by atoms with Crippen LogP contribution in [0, 0.1) is 12.3 Å². The topological polar surface area (TPSA) is 0 Å². The van der Waals surface area contributed by atoms with Crippen molar-refractivity contribution in [2.75, 3.05) is 0 Å². The minimum Gasteiger partial charge on any atom is -0.366 e. The van der Waals surface area contributed by atoms with E-state index in [0.717, 1.165) is 5.56 Å². The van der Waals surface area contributed by atoms with Gasteiger partial charge in [0.05, 0.1) is 0 Å². The van der Waals surface area contributed by atoms with E-state index in [9.17, 15) is 0 Å². The molecular weight excluding hydrogens is 229 g/mol. The average Bonchev–Trinajstić information content (AvgIpc) is 1.90. The van der Waals surface area contributed by atoms with Crippen LogP contribution in [0.4, 0.5) is 0 Å². The average molecular weight is 234 g/mol. The predicted octanol–water partition coefficient (Wildman–Crippen LogP) is -1.37. The van der Waals surface area contributed by atoms with E-state index < -0.39 is 0 Å². The molecule has 0 aliphatic rings. The van der Waals surface area contributed by atoms with E-state index in [0.29, 0.717) is 0 Å². The molecule has 0 aromatic heterocycles. The molecular formula is C8H5Cs. The number of hydrogen-bond acceptors (Lipinski definition) is 0. The van der Waals surface area contributed by atoms with E-state index in [1.807, 2.05) is 30.3 Å². The van der Waals surface area contributed by atoms with Gasteiger partial charge in [-0.3, -0.25) is 5.92 Å². The molecule has 1 heteroatoms. The molecule has 1 aromatic carbocycles. The van der Waals surface area contributed by atoms with E-state index in [1.165, 1.54) is 0 Å². The smallest absolute Gasteiger partial charge is 0.366 e. The predicted molar refractivity (Wildman–Crippen MR) is 32.7 cm³/mol. The van der Waals surface area contributed by atoms with Crippen molar-refractivity contribution in [2.45, 2.75) is 0 Å². The van der Waals surface area contributed by atoms with Gasteiger partial charge >= 0.3 is 68.9 Å². The van der Waals surface area contributed by atoms with Gasteiger partial charge in [-0.05, 0) is 0 Å². The summed E-state index contributed by atoms with van der Waals surface area (Å²) in [6.45, 7) is 0. The largest absolute Gasteiger partial charge is 1.00 e.